The summed E-state index contributed by atoms with van der Waals surface area (Å²) in [6, 6.07) is 13.5. The lowest BCUT2D eigenvalue weighted by Gasteiger charge is -2.26. The van der Waals surface area contributed by atoms with Crippen LogP contribution in [0.1, 0.15) is 54.7 Å². The minimum Gasteiger partial charge on any atom is -0.493 e. The van der Waals surface area contributed by atoms with E-state index in [9.17, 15) is 23.2 Å². The maximum absolute atomic E-state index is 14.7. The fourth-order valence-electron chi connectivity index (χ4n) is 3.98. The van der Waals surface area contributed by atoms with Crippen molar-refractivity contribution in [3.8, 4) is 11.5 Å². The number of esters is 2. The summed E-state index contributed by atoms with van der Waals surface area (Å²) in [6.07, 6.45) is 0.186. The Hall–Kier alpha value is -4.14. The molecule has 37 heavy (non-hydrogen) atoms. The fourth-order valence-corrected chi connectivity index (χ4v) is 3.98. The van der Waals surface area contributed by atoms with Crippen LogP contribution in [0.5, 0.6) is 11.5 Å². The molecular formula is C28H27F2NO6. The Kier molecular flexibility index (Phi) is 9.05. The maximum atomic E-state index is 14.7. The number of ketones is 1. The van der Waals surface area contributed by atoms with Crippen LogP contribution in [0.2, 0.25) is 0 Å². The molecule has 0 saturated carbocycles. The van der Waals surface area contributed by atoms with E-state index in [-0.39, 0.29) is 29.2 Å². The van der Waals surface area contributed by atoms with Gasteiger partial charge in [-0.3, -0.25) is 14.4 Å². The van der Waals surface area contributed by atoms with Crippen LogP contribution in [-0.4, -0.2) is 35.9 Å². The van der Waals surface area contributed by atoms with E-state index in [1.165, 1.54) is 39.3 Å². The Bertz CT molecular complexity index is 1280. The van der Waals surface area contributed by atoms with E-state index in [1.54, 1.807) is 37.3 Å². The minimum absolute atomic E-state index is 0.132. The van der Waals surface area contributed by atoms with Crippen LogP contribution >= 0.6 is 0 Å². The van der Waals surface area contributed by atoms with Crippen LogP contribution in [0.15, 0.2) is 60.8 Å². The molecule has 1 aromatic heterocycles. The quantitative estimate of drug-likeness (QED) is 0.271. The number of Topliss-reactive ketones (excluding diaryl/α,β-unsaturated/α-hetero) is 1. The summed E-state index contributed by atoms with van der Waals surface area (Å²) in [5.74, 6) is -5.01. The van der Waals surface area contributed by atoms with Crippen molar-refractivity contribution in [2.24, 2.45) is 5.92 Å². The molecule has 3 rings (SSSR count). The van der Waals surface area contributed by atoms with Gasteiger partial charge in [-0.2, -0.15) is 0 Å². The van der Waals surface area contributed by atoms with Gasteiger partial charge in [0.1, 0.15) is 17.7 Å². The summed E-state index contributed by atoms with van der Waals surface area (Å²) in [5, 5.41) is 0. The van der Waals surface area contributed by atoms with Crippen molar-refractivity contribution in [1.29, 1.82) is 0 Å². The molecule has 0 N–H and O–H groups in total. The van der Waals surface area contributed by atoms with E-state index in [2.05, 4.69) is 4.98 Å². The second-order valence-electron chi connectivity index (χ2n) is 8.51. The molecule has 0 aliphatic carbocycles. The van der Waals surface area contributed by atoms with Gasteiger partial charge in [0.2, 0.25) is 5.75 Å². The molecule has 0 spiro atoms. The Balaban J connectivity index is 1.80. The summed E-state index contributed by atoms with van der Waals surface area (Å²) in [4.78, 5) is 41.4. The predicted octanol–water partition coefficient (Wildman–Crippen LogP) is 5.27. The first kappa shape index (κ1) is 27.4. The molecule has 0 saturated heterocycles. The molecule has 0 aliphatic heterocycles. The van der Waals surface area contributed by atoms with Crippen LogP contribution in [0, 0.1) is 17.6 Å². The van der Waals surface area contributed by atoms with E-state index in [0.29, 0.717) is 5.56 Å². The monoisotopic (exact) mass is 511 g/mol. The molecule has 0 unspecified atom stereocenters. The standard InChI is InChI=1S/C28H27F2NO6/c1-16(14-23(33)26-27(37-18(3)32)24(35-4)12-13-31-26)28(34)36-17(2)25(19-8-6-5-7-9-19)21-11-10-20(29)15-22(21)30/h5-13,15-17,25H,14H2,1-4H3/t16-,17+,25+/m1/s1. The van der Waals surface area contributed by atoms with Crippen LogP contribution in [0.25, 0.3) is 0 Å². The Labute approximate surface area is 213 Å². The third-order valence-corrected chi connectivity index (χ3v) is 5.72. The number of nitrogens with zero attached hydrogens (tertiary/aromatic N) is 1. The molecule has 0 bridgehead atoms. The van der Waals surface area contributed by atoms with Gasteiger partial charge < -0.3 is 14.2 Å². The van der Waals surface area contributed by atoms with Gasteiger partial charge in [0.15, 0.2) is 17.2 Å². The zero-order valence-electron chi connectivity index (χ0n) is 20.9. The molecular weight excluding hydrogens is 484 g/mol. The molecule has 0 aliphatic rings. The molecule has 2 aromatic carbocycles. The number of halogens is 2. The second-order valence-corrected chi connectivity index (χ2v) is 8.51. The highest BCUT2D eigenvalue weighted by atomic mass is 19.1. The van der Waals surface area contributed by atoms with E-state index < -0.39 is 47.3 Å². The van der Waals surface area contributed by atoms with Crippen molar-refractivity contribution < 1.29 is 37.4 Å². The van der Waals surface area contributed by atoms with Gasteiger partial charge in [0.25, 0.3) is 0 Å². The highest BCUT2D eigenvalue weighted by molar-refractivity contribution is 5.99. The van der Waals surface area contributed by atoms with Gasteiger partial charge in [-0.05, 0) is 24.1 Å². The zero-order valence-corrected chi connectivity index (χ0v) is 20.9. The number of carbonyl (C=O) groups excluding carboxylic acids is 3. The van der Waals surface area contributed by atoms with Crippen molar-refractivity contribution in [2.45, 2.75) is 39.2 Å². The van der Waals surface area contributed by atoms with Crippen LogP contribution in [-0.2, 0) is 14.3 Å². The fraction of sp³-hybridized carbons (Fsp3) is 0.286. The highest BCUT2D eigenvalue weighted by Crippen LogP contribution is 2.33. The first-order chi connectivity index (χ1) is 17.6. The first-order valence-corrected chi connectivity index (χ1v) is 11.6. The third kappa shape index (κ3) is 6.75. The van der Waals surface area contributed by atoms with Crippen LogP contribution in [0.3, 0.4) is 0 Å². The van der Waals surface area contributed by atoms with Crippen molar-refractivity contribution in [2.75, 3.05) is 7.11 Å². The molecule has 0 amide bonds. The van der Waals surface area contributed by atoms with E-state index in [1.807, 2.05) is 0 Å². The molecule has 1 heterocycles. The summed E-state index contributed by atoms with van der Waals surface area (Å²) in [5.41, 5.74) is 0.685. The lowest BCUT2D eigenvalue weighted by atomic mass is 9.86. The number of hydrogen-bond acceptors (Lipinski definition) is 7. The number of pyridine rings is 1. The minimum atomic E-state index is -0.900. The summed E-state index contributed by atoms with van der Waals surface area (Å²) < 4.78 is 44.2. The number of carbonyl (C=O) groups is 3. The summed E-state index contributed by atoms with van der Waals surface area (Å²) >= 11 is 0. The SMILES string of the molecule is COc1ccnc(C(=O)C[C@@H](C)C(=O)O[C@@H](C)[C@@H](c2ccccc2)c2ccc(F)cc2F)c1OC(C)=O. The first-order valence-electron chi connectivity index (χ1n) is 11.6. The normalized spacial score (nSPS) is 13.2. The van der Waals surface area contributed by atoms with Crippen molar-refractivity contribution >= 4 is 17.7 Å². The number of rotatable bonds is 10. The van der Waals surface area contributed by atoms with Crippen LogP contribution < -0.4 is 9.47 Å². The topological polar surface area (TPSA) is 91.8 Å². The van der Waals surface area contributed by atoms with Crippen molar-refractivity contribution in [1.82, 2.24) is 4.98 Å². The second kappa shape index (κ2) is 12.2. The van der Waals surface area contributed by atoms with E-state index in [4.69, 9.17) is 14.2 Å². The number of aromatic nitrogens is 1. The van der Waals surface area contributed by atoms with E-state index >= 15 is 0 Å². The van der Waals surface area contributed by atoms with Gasteiger partial charge >= 0.3 is 11.9 Å². The number of hydrogen-bond donors (Lipinski definition) is 0. The maximum Gasteiger partial charge on any atom is 0.309 e. The van der Waals surface area contributed by atoms with Crippen molar-refractivity contribution in [3.63, 3.8) is 0 Å². The summed E-state index contributed by atoms with van der Waals surface area (Å²) in [6.45, 7) is 4.29. The van der Waals surface area contributed by atoms with Gasteiger partial charge in [-0.1, -0.05) is 43.3 Å². The largest absolute Gasteiger partial charge is 0.493 e. The number of ether oxygens (including phenoxy) is 3. The molecule has 0 radical (unpaired) electrons. The molecule has 3 atom stereocenters. The average molecular weight is 512 g/mol. The zero-order chi connectivity index (χ0) is 27.1. The lowest BCUT2D eigenvalue weighted by molar-refractivity contribution is -0.153. The smallest absolute Gasteiger partial charge is 0.309 e. The molecule has 9 heteroatoms. The molecule has 3 aromatic rings. The lowest BCUT2D eigenvalue weighted by Crippen LogP contribution is -2.28. The highest BCUT2D eigenvalue weighted by Gasteiger charge is 2.30. The van der Waals surface area contributed by atoms with Gasteiger partial charge in [-0.25, -0.2) is 13.8 Å². The molecule has 0 fully saturated rings. The van der Waals surface area contributed by atoms with Gasteiger partial charge in [0, 0.05) is 37.6 Å². The van der Waals surface area contributed by atoms with Gasteiger partial charge in [0.05, 0.1) is 13.0 Å². The molecule has 194 valence electrons. The van der Waals surface area contributed by atoms with Gasteiger partial charge in [-0.15, -0.1) is 0 Å². The Morgan fingerprint density at radius 1 is 1.00 bits per heavy atom. The Morgan fingerprint density at radius 3 is 2.32 bits per heavy atom. The molecule has 7 nitrogen and oxygen atoms in total. The van der Waals surface area contributed by atoms with Crippen molar-refractivity contribution in [3.05, 3.63) is 89.2 Å². The number of benzene rings is 2. The Morgan fingerprint density at radius 2 is 1.70 bits per heavy atom. The summed E-state index contributed by atoms with van der Waals surface area (Å²) in [7, 11) is 1.35. The predicted molar refractivity (Wildman–Crippen MR) is 130 cm³/mol. The van der Waals surface area contributed by atoms with Crippen LogP contribution in [0.4, 0.5) is 8.78 Å². The van der Waals surface area contributed by atoms with E-state index in [0.717, 1.165) is 12.1 Å². The number of methoxy groups -OCH3 is 1. The third-order valence-electron chi connectivity index (χ3n) is 5.72. The average Bonchev–Trinajstić information content (AvgIpc) is 2.85.